The Kier molecular flexibility index (Phi) is 8.34. The van der Waals surface area contributed by atoms with Crippen LogP contribution in [-0.4, -0.2) is 4.57 Å². The van der Waals surface area contributed by atoms with Gasteiger partial charge in [-0.3, -0.25) is 0 Å². The van der Waals surface area contributed by atoms with Gasteiger partial charge in [0.2, 0.25) is 0 Å². The Morgan fingerprint density at radius 3 is 1.59 bits per heavy atom. The summed E-state index contributed by atoms with van der Waals surface area (Å²) in [7, 11) is 0. The van der Waals surface area contributed by atoms with Gasteiger partial charge in [0.25, 0.3) is 0 Å². The lowest BCUT2D eigenvalue weighted by Gasteiger charge is -2.28. The SMILES string of the molecule is CC1(C)c2cc(-c3ccc4c(c3)c3ccccc3n4C3C=CC=CC3)ccc2-c2ccc(N(c3ccc(-c4ccccc4)cc3)c3ccc(-c4ccccc4)cc3)cc21. The molecule has 0 saturated carbocycles. The molecule has 59 heavy (non-hydrogen) atoms. The molecule has 1 atom stereocenters. The van der Waals surface area contributed by atoms with Crippen LogP contribution in [0.2, 0.25) is 0 Å². The van der Waals surface area contributed by atoms with Gasteiger partial charge in [-0.15, -0.1) is 0 Å². The molecule has 0 spiro atoms. The van der Waals surface area contributed by atoms with E-state index >= 15 is 0 Å². The maximum absolute atomic E-state index is 2.52. The van der Waals surface area contributed by atoms with E-state index in [9.17, 15) is 0 Å². The number of nitrogens with zero attached hydrogens (tertiary/aromatic N) is 2. The number of rotatable bonds is 7. The van der Waals surface area contributed by atoms with Crippen LogP contribution in [0.5, 0.6) is 0 Å². The van der Waals surface area contributed by atoms with Gasteiger partial charge in [0.05, 0.1) is 6.04 Å². The van der Waals surface area contributed by atoms with E-state index in [0.29, 0.717) is 6.04 Å². The molecular formula is C57H44N2. The normalized spacial score (nSPS) is 15.1. The summed E-state index contributed by atoms with van der Waals surface area (Å²) in [6.45, 7) is 4.78. The molecule has 9 aromatic rings. The lowest BCUT2D eigenvalue weighted by molar-refractivity contribution is 0.648. The lowest BCUT2D eigenvalue weighted by Crippen LogP contribution is -2.16. The molecule has 0 N–H and O–H groups in total. The van der Waals surface area contributed by atoms with Crippen LogP contribution < -0.4 is 4.90 Å². The fourth-order valence-corrected chi connectivity index (χ4v) is 9.66. The number of hydrogen-bond acceptors (Lipinski definition) is 1. The molecule has 2 aliphatic carbocycles. The molecule has 0 amide bonds. The topological polar surface area (TPSA) is 8.17 Å². The molecule has 2 nitrogen and oxygen atoms in total. The summed E-state index contributed by atoms with van der Waals surface area (Å²) in [6.07, 6.45) is 9.95. The van der Waals surface area contributed by atoms with Crippen LogP contribution in [0.4, 0.5) is 17.1 Å². The monoisotopic (exact) mass is 756 g/mol. The summed E-state index contributed by atoms with van der Waals surface area (Å²) in [5.74, 6) is 0. The molecule has 0 radical (unpaired) electrons. The zero-order valence-corrected chi connectivity index (χ0v) is 33.4. The minimum absolute atomic E-state index is 0.197. The fraction of sp³-hybridized carbons (Fsp3) is 0.0877. The Balaban J connectivity index is 0.976. The second kappa shape index (κ2) is 14.0. The highest BCUT2D eigenvalue weighted by Crippen LogP contribution is 2.52. The summed E-state index contributed by atoms with van der Waals surface area (Å²) in [5.41, 5.74) is 18.5. The molecule has 2 aliphatic rings. The third-order valence-electron chi connectivity index (χ3n) is 12.7. The smallest absolute Gasteiger partial charge is 0.0560 e. The fourth-order valence-electron chi connectivity index (χ4n) is 9.66. The second-order valence-corrected chi connectivity index (χ2v) is 16.5. The first kappa shape index (κ1) is 35.0. The number of allylic oxidation sites excluding steroid dienone is 4. The molecule has 0 aliphatic heterocycles. The summed E-state index contributed by atoms with van der Waals surface area (Å²) in [6, 6.07) is 69.7. The molecule has 2 heteroatoms. The largest absolute Gasteiger partial charge is 0.333 e. The molecule has 8 aromatic carbocycles. The maximum Gasteiger partial charge on any atom is 0.0560 e. The number of fused-ring (bicyclic) bond motifs is 6. The van der Waals surface area contributed by atoms with E-state index in [4.69, 9.17) is 0 Å². The Hall–Kier alpha value is -7.16. The highest BCUT2D eigenvalue weighted by Gasteiger charge is 2.36. The molecule has 1 unspecified atom stereocenters. The predicted molar refractivity (Wildman–Crippen MR) is 250 cm³/mol. The molecule has 0 saturated heterocycles. The van der Waals surface area contributed by atoms with E-state index < -0.39 is 0 Å². The Labute approximate surface area is 346 Å². The molecule has 0 bridgehead atoms. The quantitative estimate of drug-likeness (QED) is 0.157. The van der Waals surface area contributed by atoms with Gasteiger partial charge in [0.1, 0.15) is 0 Å². The van der Waals surface area contributed by atoms with Crippen molar-refractivity contribution in [1.82, 2.24) is 4.57 Å². The van der Waals surface area contributed by atoms with Crippen LogP contribution >= 0.6 is 0 Å². The third kappa shape index (κ3) is 5.94. The van der Waals surface area contributed by atoms with Gasteiger partial charge in [0, 0.05) is 44.3 Å². The highest BCUT2D eigenvalue weighted by molar-refractivity contribution is 6.09. The van der Waals surface area contributed by atoms with Gasteiger partial charge < -0.3 is 9.47 Å². The first-order chi connectivity index (χ1) is 29.0. The minimum atomic E-state index is -0.197. The molecule has 1 aromatic heterocycles. The van der Waals surface area contributed by atoms with Crippen LogP contribution in [0.1, 0.15) is 37.4 Å². The number of anilines is 3. The zero-order valence-electron chi connectivity index (χ0n) is 33.4. The Morgan fingerprint density at radius 2 is 0.949 bits per heavy atom. The molecule has 282 valence electrons. The van der Waals surface area contributed by atoms with Crippen molar-refractivity contribution in [2.45, 2.75) is 31.7 Å². The van der Waals surface area contributed by atoms with Crippen LogP contribution in [-0.2, 0) is 5.41 Å². The Bertz CT molecular complexity index is 2990. The van der Waals surface area contributed by atoms with Crippen molar-refractivity contribution in [1.29, 1.82) is 0 Å². The van der Waals surface area contributed by atoms with Crippen molar-refractivity contribution in [2.75, 3.05) is 4.90 Å². The molecule has 0 fully saturated rings. The van der Waals surface area contributed by atoms with Crippen molar-refractivity contribution >= 4 is 38.9 Å². The van der Waals surface area contributed by atoms with Gasteiger partial charge in [0.15, 0.2) is 0 Å². The minimum Gasteiger partial charge on any atom is -0.333 e. The third-order valence-corrected chi connectivity index (χ3v) is 12.7. The van der Waals surface area contributed by atoms with E-state index in [1.807, 2.05) is 0 Å². The van der Waals surface area contributed by atoms with Crippen molar-refractivity contribution in [3.8, 4) is 44.5 Å². The molecule has 11 rings (SSSR count). The van der Waals surface area contributed by atoms with Gasteiger partial charge in [-0.05, 0) is 123 Å². The number of hydrogen-bond donors (Lipinski definition) is 0. The number of benzene rings is 8. The molecular weight excluding hydrogens is 713 g/mol. The van der Waals surface area contributed by atoms with Gasteiger partial charge in [-0.1, -0.05) is 166 Å². The van der Waals surface area contributed by atoms with Crippen molar-refractivity contribution in [3.63, 3.8) is 0 Å². The van der Waals surface area contributed by atoms with E-state index in [0.717, 1.165) is 23.5 Å². The van der Waals surface area contributed by atoms with Crippen LogP contribution in [0, 0.1) is 0 Å². The van der Waals surface area contributed by atoms with Crippen LogP contribution in [0.15, 0.2) is 212 Å². The zero-order chi connectivity index (χ0) is 39.5. The van der Waals surface area contributed by atoms with E-state index in [1.54, 1.807) is 0 Å². The standard InChI is InChI=1S/C57H44N2/c1-57(2)53-37-44(43-27-35-56-52(36-43)51-20-12-13-21-55(51)59(56)45-18-10-5-11-19-45)26-33-49(53)50-34-32-48(38-54(50)57)58(46-28-22-41(23-29-46)39-14-6-3-7-15-39)47-30-24-42(25-31-47)40-16-8-4-9-17-40/h3-18,20-38,45H,19H2,1-2H3. The summed E-state index contributed by atoms with van der Waals surface area (Å²) >= 11 is 0. The van der Waals surface area contributed by atoms with Crippen molar-refractivity contribution in [3.05, 3.63) is 223 Å². The average molecular weight is 757 g/mol. The van der Waals surface area contributed by atoms with Gasteiger partial charge in [-0.2, -0.15) is 0 Å². The first-order valence-electron chi connectivity index (χ1n) is 20.8. The van der Waals surface area contributed by atoms with E-state index in [2.05, 4.69) is 236 Å². The Morgan fingerprint density at radius 1 is 0.441 bits per heavy atom. The van der Waals surface area contributed by atoms with Crippen molar-refractivity contribution in [2.24, 2.45) is 0 Å². The van der Waals surface area contributed by atoms with Crippen LogP contribution in [0.25, 0.3) is 66.3 Å². The number of para-hydroxylation sites is 1. The predicted octanol–water partition coefficient (Wildman–Crippen LogP) is 15.6. The average Bonchev–Trinajstić information content (AvgIpc) is 3.75. The maximum atomic E-state index is 2.52. The second-order valence-electron chi connectivity index (χ2n) is 16.5. The van der Waals surface area contributed by atoms with Crippen molar-refractivity contribution < 1.29 is 0 Å². The van der Waals surface area contributed by atoms with E-state index in [1.165, 1.54) is 77.4 Å². The van der Waals surface area contributed by atoms with Gasteiger partial charge >= 0.3 is 0 Å². The van der Waals surface area contributed by atoms with Crippen LogP contribution in [0.3, 0.4) is 0 Å². The van der Waals surface area contributed by atoms with E-state index in [-0.39, 0.29) is 5.41 Å². The highest BCUT2D eigenvalue weighted by atomic mass is 15.1. The first-order valence-corrected chi connectivity index (χ1v) is 20.8. The number of aromatic nitrogens is 1. The summed E-state index contributed by atoms with van der Waals surface area (Å²) in [5, 5.41) is 2.62. The lowest BCUT2D eigenvalue weighted by atomic mass is 9.81. The summed E-state index contributed by atoms with van der Waals surface area (Å²) < 4.78 is 2.52. The summed E-state index contributed by atoms with van der Waals surface area (Å²) in [4.78, 5) is 2.40. The van der Waals surface area contributed by atoms with Gasteiger partial charge in [-0.25, -0.2) is 0 Å². The molecule has 1 heterocycles.